The summed E-state index contributed by atoms with van der Waals surface area (Å²) in [5, 5.41) is 2.22. The molecule has 3 fully saturated rings. The lowest BCUT2D eigenvalue weighted by Crippen LogP contribution is -2.57. The fourth-order valence-corrected chi connectivity index (χ4v) is 7.57. The van der Waals surface area contributed by atoms with E-state index < -0.39 is 62.9 Å². The van der Waals surface area contributed by atoms with Gasteiger partial charge in [0.05, 0.1) is 11.8 Å². The highest BCUT2D eigenvalue weighted by atomic mass is 32.2. The predicted octanol–water partition coefficient (Wildman–Crippen LogP) is 1.74. The quantitative estimate of drug-likeness (QED) is 0.487. The number of ether oxygens (including phenoxy) is 2. The summed E-state index contributed by atoms with van der Waals surface area (Å²) in [7, 11) is -3.83. The molecular weight excluding hydrogens is 576 g/mol. The Kier molecular flexibility index (Phi) is 7.97. The van der Waals surface area contributed by atoms with Crippen molar-refractivity contribution in [3.05, 3.63) is 47.5 Å². The lowest BCUT2D eigenvalue weighted by molar-refractivity contribution is -0.147. The third-order valence-corrected chi connectivity index (χ3v) is 10.8. The predicted molar refractivity (Wildman–Crippen MR) is 154 cm³/mol. The monoisotopic (exact) mass is 614 g/mol. The molecule has 2 aliphatic carbocycles. The van der Waals surface area contributed by atoms with E-state index in [0.717, 1.165) is 30.4 Å². The molecule has 43 heavy (non-hydrogen) atoms. The van der Waals surface area contributed by atoms with Crippen molar-refractivity contribution in [2.45, 2.75) is 94.0 Å². The van der Waals surface area contributed by atoms with Crippen LogP contribution in [0.3, 0.4) is 0 Å². The van der Waals surface area contributed by atoms with Crippen LogP contribution in [-0.4, -0.2) is 84.2 Å². The van der Waals surface area contributed by atoms with Gasteiger partial charge in [-0.3, -0.25) is 24.0 Å². The molecule has 13 heteroatoms. The number of fused-ring (bicyclic) bond motifs is 3. The number of rotatable bonds is 4. The second-order valence-corrected chi connectivity index (χ2v) is 14.2. The van der Waals surface area contributed by atoms with E-state index in [2.05, 4.69) is 10.0 Å². The standard InChI is InChI=1S/C30H38N4O8S/c1-19-27(36)34-18-23(42-29(38)33-16-20-8-5-6-9-21(20)17-33)14-25(34)26(35)31-30(28(37)32-43(39,40)24-11-12-24)15-22(30)10-4-2-3-7-13-41-19/h4-6,8-10,19,22-25H,2-3,7,11-18H2,1H3,(H,31,35)(H,32,37)/b10-4-/t19-,22-,23-,25+,30-/m1/s1. The van der Waals surface area contributed by atoms with Gasteiger partial charge in [-0.2, -0.15) is 0 Å². The maximum Gasteiger partial charge on any atom is 0.410 e. The molecule has 3 heterocycles. The van der Waals surface area contributed by atoms with Gasteiger partial charge >= 0.3 is 6.09 Å². The molecule has 0 bridgehead atoms. The molecule has 232 valence electrons. The van der Waals surface area contributed by atoms with Gasteiger partial charge in [-0.25, -0.2) is 13.2 Å². The smallest absolute Gasteiger partial charge is 0.410 e. The van der Waals surface area contributed by atoms with Crippen molar-refractivity contribution in [2.75, 3.05) is 13.2 Å². The van der Waals surface area contributed by atoms with Crippen LogP contribution < -0.4 is 10.0 Å². The largest absolute Gasteiger partial charge is 0.444 e. The lowest BCUT2D eigenvalue weighted by atomic mass is 10.1. The summed E-state index contributed by atoms with van der Waals surface area (Å²) in [4.78, 5) is 56.8. The van der Waals surface area contributed by atoms with Crippen LogP contribution in [0, 0.1) is 5.92 Å². The van der Waals surface area contributed by atoms with Gasteiger partial charge < -0.3 is 19.7 Å². The van der Waals surface area contributed by atoms with Gasteiger partial charge in [0, 0.05) is 32.0 Å². The normalized spacial score (nSPS) is 31.9. The molecule has 0 aromatic heterocycles. The van der Waals surface area contributed by atoms with Crippen molar-refractivity contribution in [3.8, 4) is 0 Å². The van der Waals surface area contributed by atoms with Crippen LogP contribution in [0.15, 0.2) is 36.4 Å². The van der Waals surface area contributed by atoms with E-state index in [9.17, 15) is 27.6 Å². The first-order chi connectivity index (χ1) is 20.6. The average molecular weight is 615 g/mol. The van der Waals surface area contributed by atoms with Gasteiger partial charge in [-0.15, -0.1) is 0 Å². The number of carbonyl (C=O) groups excluding carboxylic acids is 4. The molecule has 0 unspecified atom stereocenters. The van der Waals surface area contributed by atoms with Crippen LogP contribution >= 0.6 is 0 Å². The Labute approximate surface area is 251 Å². The Morgan fingerprint density at radius 2 is 1.84 bits per heavy atom. The van der Waals surface area contributed by atoms with E-state index in [-0.39, 0.29) is 25.3 Å². The van der Waals surface area contributed by atoms with Crippen LogP contribution in [0.1, 0.15) is 63.0 Å². The molecule has 5 atom stereocenters. The van der Waals surface area contributed by atoms with Crippen molar-refractivity contribution in [2.24, 2.45) is 5.92 Å². The molecule has 4 amide bonds. The van der Waals surface area contributed by atoms with Crippen LogP contribution in [0.4, 0.5) is 4.79 Å². The van der Waals surface area contributed by atoms with Crippen LogP contribution in [0.5, 0.6) is 0 Å². The van der Waals surface area contributed by atoms with Crippen molar-refractivity contribution in [1.82, 2.24) is 19.8 Å². The van der Waals surface area contributed by atoms with E-state index >= 15 is 0 Å². The summed E-state index contributed by atoms with van der Waals surface area (Å²) in [6.07, 6.45) is 5.19. The second-order valence-electron chi connectivity index (χ2n) is 12.3. The zero-order valence-electron chi connectivity index (χ0n) is 24.2. The first-order valence-electron chi connectivity index (χ1n) is 15.1. The van der Waals surface area contributed by atoms with E-state index in [1.165, 1.54) is 4.90 Å². The maximum atomic E-state index is 13.8. The molecule has 2 saturated carbocycles. The zero-order chi connectivity index (χ0) is 30.4. The first-order valence-corrected chi connectivity index (χ1v) is 16.6. The summed E-state index contributed by atoms with van der Waals surface area (Å²) >= 11 is 0. The van der Waals surface area contributed by atoms with Gasteiger partial charge in [0.1, 0.15) is 23.8 Å². The second kappa shape index (κ2) is 11.6. The number of amides is 4. The Hall–Kier alpha value is -3.45. The molecule has 1 aromatic carbocycles. The summed E-state index contributed by atoms with van der Waals surface area (Å²) < 4.78 is 39.0. The van der Waals surface area contributed by atoms with Crippen molar-refractivity contribution >= 4 is 33.8 Å². The van der Waals surface area contributed by atoms with E-state index in [1.54, 1.807) is 11.8 Å². The molecule has 5 aliphatic rings. The Morgan fingerprint density at radius 1 is 1.12 bits per heavy atom. The molecule has 2 N–H and O–H groups in total. The number of nitrogens with zero attached hydrogens (tertiary/aromatic N) is 2. The van der Waals surface area contributed by atoms with E-state index in [0.29, 0.717) is 32.5 Å². The zero-order valence-corrected chi connectivity index (χ0v) is 25.0. The molecule has 12 nitrogen and oxygen atoms in total. The molecule has 0 radical (unpaired) electrons. The first kappa shape index (κ1) is 29.6. The molecule has 1 aromatic rings. The van der Waals surface area contributed by atoms with Gasteiger partial charge in [0.2, 0.25) is 15.9 Å². The summed E-state index contributed by atoms with van der Waals surface area (Å²) in [5.74, 6) is -2.17. The molecular formula is C30H38N4O8S. The highest BCUT2D eigenvalue weighted by molar-refractivity contribution is 7.91. The lowest BCUT2D eigenvalue weighted by Gasteiger charge is -2.28. The summed E-state index contributed by atoms with van der Waals surface area (Å²) in [5.41, 5.74) is 0.640. The van der Waals surface area contributed by atoms with Crippen molar-refractivity contribution in [1.29, 1.82) is 0 Å². The van der Waals surface area contributed by atoms with Gasteiger partial charge in [0.15, 0.2) is 0 Å². The van der Waals surface area contributed by atoms with Crippen LogP contribution in [-0.2, 0) is 47.0 Å². The summed E-state index contributed by atoms with van der Waals surface area (Å²) in [6, 6.07) is 6.71. The van der Waals surface area contributed by atoms with E-state index in [4.69, 9.17) is 9.47 Å². The van der Waals surface area contributed by atoms with Crippen LogP contribution in [0.25, 0.3) is 0 Å². The highest BCUT2D eigenvalue weighted by Crippen LogP contribution is 2.46. The van der Waals surface area contributed by atoms with E-state index in [1.807, 2.05) is 36.4 Å². The number of sulfonamides is 1. The Balaban J connectivity index is 1.20. The number of hydrogen-bond acceptors (Lipinski definition) is 8. The minimum atomic E-state index is -3.83. The Bertz CT molecular complexity index is 1420. The molecule has 6 rings (SSSR count). The third-order valence-electron chi connectivity index (χ3n) is 9.03. The van der Waals surface area contributed by atoms with Gasteiger partial charge in [-0.1, -0.05) is 36.4 Å². The van der Waals surface area contributed by atoms with Gasteiger partial charge in [0.25, 0.3) is 11.8 Å². The fourth-order valence-electron chi connectivity index (χ4n) is 6.21. The number of allylic oxidation sites excluding steroid dienone is 1. The Morgan fingerprint density at radius 3 is 2.53 bits per heavy atom. The minimum absolute atomic E-state index is 0.00423. The fraction of sp³-hybridized carbons (Fsp3) is 0.600. The highest BCUT2D eigenvalue weighted by Gasteiger charge is 2.62. The maximum absolute atomic E-state index is 13.8. The SMILES string of the molecule is C[C@H]1OCCCC/C=C\[C@@H]2C[C@@]2(C(=O)NS(=O)(=O)C2CC2)NC(=O)[C@@H]2C[C@@H](OC(=O)N3Cc4ccccc4C3)CN2C1=O. The molecule has 3 aliphatic heterocycles. The van der Waals surface area contributed by atoms with Crippen molar-refractivity contribution in [3.63, 3.8) is 0 Å². The van der Waals surface area contributed by atoms with Gasteiger partial charge in [-0.05, 0) is 56.6 Å². The molecule has 1 saturated heterocycles. The topological polar surface area (TPSA) is 151 Å². The minimum Gasteiger partial charge on any atom is -0.444 e. The molecule has 0 spiro atoms. The third kappa shape index (κ3) is 6.14. The van der Waals surface area contributed by atoms with Crippen molar-refractivity contribution < 1.29 is 37.1 Å². The number of hydrogen-bond donors (Lipinski definition) is 2. The number of carbonyl (C=O) groups is 4. The van der Waals surface area contributed by atoms with Crippen LogP contribution in [0.2, 0.25) is 0 Å². The summed E-state index contributed by atoms with van der Waals surface area (Å²) in [6.45, 7) is 2.82. The average Bonchev–Trinajstić information content (AvgIpc) is 3.86. The number of benzene rings is 1. The number of nitrogens with one attached hydrogen (secondary N) is 2.